The van der Waals surface area contributed by atoms with Gasteiger partial charge in [-0.3, -0.25) is 19.5 Å². The summed E-state index contributed by atoms with van der Waals surface area (Å²) >= 11 is 1.24. The molecular formula is C18H19N5O2S. The lowest BCUT2D eigenvalue weighted by molar-refractivity contribution is -0.117. The number of hydrogen-bond acceptors (Lipinski definition) is 5. The summed E-state index contributed by atoms with van der Waals surface area (Å²) in [6, 6.07) is 11.3. The monoisotopic (exact) mass is 369 g/mol. The van der Waals surface area contributed by atoms with Crippen molar-refractivity contribution in [2.24, 2.45) is 7.05 Å². The lowest BCUT2D eigenvalue weighted by Gasteiger charge is -2.11. The summed E-state index contributed by atoms with van der Waals surface area (Å²) in [5, 5.41) is 11.3. The molecule has 0 saturated carbocycles. The predicted octanol–water partition coefficient (Wildman–Crippen LogP) is 2.27. The minimum absolute atomic E-state index is 0.0696. The fourth-order valence-electron chi connectivity index (χ4n) is 2.58. The molecule has 1 N–H and O–H groups in total. The summed E-state index contributed by atoms with van der Waals surface area (Å²) in [6.07, 6.45) is 1.75. The van der Waals surface area contributed by atoms with Crippen LogP contribution >= 0.6 is 11.8 Å². The number of nitrogens with zero attached hydrogens (tertiary/aromatic N) is 4. The summed E-state index contributed by atoms with van der Waals surface area (Å²) in [5.41, 5.74) is 2.49. The van der Waals surface area contributed by atoms with E-state index >= 15 is 0 Å². The van der Waals surface area contributed by atoms with Gasteiger partial charge in [0.05, 0.1) is 11.4 Å². The first-order chi connectivity index (χ1) is 12.5. The highest BCUT2D eigenvalue weighted by molar-refractivity contribution is 7.99. The van der Waals surface area contributed by atoms with Crippen molar-refractivity contribution in [1.29, 1.82) is 0 Å². The number of imide groups is 1. The van der Waals surface area contributed by atoms with E-state index in [9.17, 15) is 9.59 Å². The molecule has 1 aromatic carbocycles. The quantitative estimate of drug-likeness (QED) is 0.698. The number of aryl methyl sites for hydroxylation is 3. The number of carbonyl (C=O) groups is 2. The minimum Gasteiger partial charge on any atom is -0.347 e. The van der Waals surface area contributed by atoms with Crippen molar-refractivity contribution in [1.82, 2.24) is 24.6 Å². The van der Waals surface area contributed by atoms with Crippen LogP contribution in [0.2, 0.25) is 0 Å². The molecule has 0 spiro atoms. The van der Waals surface area contributed by atoms with Crippen molar-refractivity contribution in [3.63, 3.8) is 0 Å². The summed E-state index contributed by atoms with van der Waals surface area (Å²) in [5.74, 6) is 0.0140. The van der Waals surface area contributed by atoms with E-state index in [1.165, 1.54) is 11.8 Å². The number of nitrogens with one attached hydrogen (secondary N) is 1. The fourth-order valence-corrected chi connectivity index (χ4v) is 3.37. The van der Waals surface area contributed by atoms with E-state index < -0.39 is 5.91 Å². The number of hydrogen-bond donors (Lipinski definition) is 1. The Morgan fingerprint density at radius 3 is 2.58 bits per heavy atom. The van der Waals surface area contributed by atoms with E-state index in [1.54, 1.807) is 29.9 Å². The molecule has 26 heavy (non-hydrogen) atoms. The number of rotatable bonds is 5. The van der Waals surface area contributed by atoms with Gasteiger partial charge >= 0.3 is 0 Å². The van der Waals surface area contributed by atoms with Crippen molar-refractivity contribution in [2.45, 2.75) is 19.0 Å². The summed E-state index contributed by atoms with van der Waals surface area (Å²) in [4.78, 5) is 24.2. The molecule has 0 aliphatic heterocycles. The van der Waals surface area contributed by atoms with Crippen molar-refractivity contribution in [3.8, 4) is 5.69 Å². The maximum atomic E-state index is 12.1. The van der Waals surface area contributed by atoms with Gasteiger partial charge in [0.1, 0.15) is 11.5 Å². The topological polar surface area (TPSA) is 81.8 Å². The van der Waals surface area contributed by atoms with Gasteiger partial charge < -0.3 is 4.57 Å². The van der Waals surface area contributed by atoms with Crippen molar-refractivity contribution in [3.05, 3.63) is 59.7 Å². The van der Waals surface area contributed by atoms with E-state index in [4.69, 9.17) is 0 Å². The van der Waals surface area contributed by atoms with Gasteiger partial charge in [-0.25, -0.2) is 0 Å². The average molecular weight is 369 g/mol. The third-order valence-corrected chi connectivity index (χ3v) is 4.84. The second-order valence-electron chi connectivity index (χ2n) is 5.82. The number of para-hydroxylation sites is 1. The molecule has 0 aliphatic carbocycles. The molecule has 0 bridgehead atoms. The summed E-state index contributed by atoms with van der Waals surface area (Å²) in [6.45, 7) is 3.87. The average Bonchev–Trinajstić information content (AvgIpc) is 3.19. The van der Waals surface area contributed by atoms with E-state index in [0.29, 0.717) is 10.9 Å². The van der Waals surface area contributed by atoms with Crippen LogP contribution in [-0.2, 0) is 11.8 Å². The van der Waals surface area contributed by atoms with E-state index in [1.807, 2.05) is 42.7 Å². The molecule has 3 aromatic rings. The van der Waals surface area contributed by atoms with E-state index in [0.717, 1.165) is 17.1 Å². The minimum atomic E-state index is -0.417. The normalized spacial score (nSPS) is 10.7. The molecule has 0 atom stereocenters. The molecule has 0 radical (unpaired) electrons. The highest BCUT2D eigenvalue weighted by Gasteiger charge is 2.17. The zero-order chi connectivity index (χ0) is 18.7. The molecule has 3 rings (SSSR count). The van der Waals surface area contributed by atoms with Crippen LogP contribution in [0.25, 0.3) is 5.69 Å². The van der Waals surface area contributed by atoms with Crippen LogP contribution in [0.1, 0.15) is 21.9 Å². The second-order valence-corrected chi connectivity index (χ2v) is 6.76. The SMILES string of the molecule is Cc1ccccc1-n1c(C)nnc1SCC(=O)NC(=O)c1cccn1C. The standard InChI is InChI=1S/C18H19N5O2S/c1-12-7-4-5-8-14(12)23-13(2)20-21-18(23)26-11-16(24)19-17(25)15-9-6-10-22(15)3/h4-10H,11H2,1-3H3,(H,19,24,25). The maximum absolute atomic E-state index is 12.1. The number of carbonyl (C=O) groups excluding carboxylic acids is 2. The van der Waals surface area contributed by atoms with Crippen molar-refractivity contribution < 1.29 is 9.59 Å². The fraction of sp³-hybridized carbons (Fsp3) is 0.222. The highest BCUT2D eigenvalue weighted by atomic mass is 32.2. The van der Waals surface area contributed by atoms with Crippen LogP contribution in [0.5, 0.6) is 0 Å². The zero-order valence-electron chi connectivity index (χ0n) is 14.8. The Hall–Kier alpha value is -2.87. The Morgan fingerprint density at radius 2 is 1.88 bits per heavy atom. The first kappa shape index (κ1) is 17.9. The lowest BCUT2D eigenvalue weighted by atomic mass is 10.2. The van der Waals surface area contributed by atoms with Gasteiger partial charge in [-0.05, 0) is 37.6 Å². The van der Waals surface area contributed by atoms with Crippen molar-refractivity contribution in [2.75, 3.05) is 5.75 Å². The Labute approximate surface area is 155 Å². The molecule has 2 aromatic heterocycles. The highest BCUT2D eigenvalue weighted by Crippen LogP contribution is 2.23. The van der Waals surface area contributed by atoms with E-state index in [-0.39, 0.29) is 11.7 Å². The summed E-state index contributed by atoms with van der Waals surface area (Å²) in [7, 11) is 1.75. The number of thioether (sulfide) groups is 1. The molecule has 134 valence electrons. The molecule has 0 fully saturated rings. The Morgan fingerprint density at radius 1 is 1.12 bits per heavy atom. The smallest absolute Gasteiger partial charge is 0.274 e. The van der Waals surface area contributed by atoms with Gasteiger partial charge in [0, 0.05) is 13.2 Å². The second kappa shape index (κ2) is 7.57. The molecule has 0 saturated heterocycles. The number of benzene rings is 1. The van der Waals surface area contributed by atoms with Crippen LogP contribution < -0.4 is 5.32 Å². The molecule has 2 amide bonds. The molecule has 8 heteroatoms. The number of aromatic nitrogens is 4. The number of amides is 2. The van der Waals surface area contributed by atoms with Crippen LogP contribution in [0, 0.1) is 13.8 Å². The Bertz CT molecular complexity index is 960. The molecule has 7 nitrogen and oxygen atoms in total. The van der Waals surface area contributed by atoms with Crippen LogP contribution in [0.3, 0.4) is 0 Å². The first-order valence-corrected chi connectivity index (χ1v) is 9.02. The van der Waals surface area contributed by atoms with Crippen LogP contribution in [-0.4, -0.2) is 36.9 Å². The van der Waals surface area contributed by atoms with E-state index in [2.05, 4.69) is 15.5 Å². The lowest BCUT2D eigenvalue weighted by Crippen LogP contribution is -2.33. The largest absolute Gasteiger partial charge is 0.347 e. The third-order valence-electron chi connectivity index (χ3n) is 3.91. The van der Waals surface area contributed by atoms with Gasteiger partial charge in [0.25, 0.3) is 5.91 Å². The van der Waals surface area contributed by atoms with Gasteiger partial charge in [-0.2, -0.15) is 0 Å². The zero-order valence-corrected chi connectivity index (χ0v) is 15.6. The van der Waals surface area contributed by atoms with Crippen molar-refractivity contribution >= 4 is 23.6 Å². The third kappa shape index (κ3) is 3.70. The molecule has 2 heterocycles. The van der Waals surface area contributed by atoms with Gasteiger partial charge in [0.2, 0.25) is 5.91 Å². The molecular weight excluding hydrogens is 350 g/mol. The van der Waals surface area contributed by atoms with Crippen LogP contribution in [0.15, 0.2) is 47.8 Å². The predicted molar refractivity (Wildman–Crippen MR) is 99.4 cm³/mol. The van der Waals surface area contributed by atoms with Gasteiger partial charge in [-0.15, -0.1) is 10.2 Å². The molecule has 0 aliphatic rings. The Kier molecular flexibility index (Phi) is 5.22. The van der Waals surface area contributed by atoms with Crippen LogP contribution in [0.4, 0.5) is 0 Å². The Balaban J connectivity index is 1.69. The van der Waals surface area contributed by atoms with Gasteiger partial charge in [0.15, 0.2) is 5.16 Å². The first-order valence-electron chi connectivity index (χ1n) is 8.03. The van der Waals surface area contributed by atoms with Gasteiger partial charge in [-0.1, -0.05) is 30.0 Å². The maximum Gasteiger partial charge on any atom is 0.274 e. The summed E-state index contributed by atoms with van der Waals surface area (Å²) < 4.78 is 3.57. The molecule has 0 unspecified atom stereocenters.